The van der Waals surface area contributed by atoms with Crippen LogP contribution in [0, 0.1) is 0 Å². The van der Waals surface area contributed by atoms with Crippen LogP contribution in [0.2, 0.25) is 10.0 Å². The number of benzene rings is 4. The van der Waals surface area contributed by atoms with Crippen molar-refractivity contribution in [2.75, 3.05) is 10.8 Å². The molecule has 0 atom stereocenters. The number of sulfonamides is 1. The third kappa shape index (κ3) is 6.13. The number of rotatable bonds is 10. The van der Waals surface area contributed by atoms with Gasteiger partial charge in [0, 0.05) is 27.4 Å². The molecule has 0 bridgehead atoms. The van der Waals surface area contributed by atoms with Crippen molar-refractivity contribution in [1.82, 2.24) is 0 Å². The number of Topliss-reactive ketones (excluding diaryl/α,β-unsaturated/α-hetero) is 1. The fourth-order valence-electron chi connectivity index (χ4n) is 4.21. The number of hydrogen-bond acceptors (Lipinski definition) is 4. The van der Waals surface area contributed by atoms with E-state index in [4.69, 9.17) is 23.2 Å². The van der Waals surface area contributed by atoms with Gasteiger partial charge in [0.05, 0.1) is 10.6 Å². The maximum atomic E-state index is 13.6. The molecule has 4 rings (SSSR count). The molecule has 0 aliphatic rings. The van der Waals surface area contributed by atoms with Crippen LogP contribution in [-0.2, 0) is 21.2 Å². The van der Waals surface area contributed by atoms with Gasteiger partial charge in [-0.3, -0.25) is 13.9 Å². The number of aliphatic carboxylic acids is 1. The zero-order chi connectivity index (χ0) is 26.6. The van der Waals surface area contributed by atoms with Crippen LogP contribution in [0.5, 0.6) is 0 Å². The molecule has 4 aromatic carbocycles. The number of carbonyl (C=O) groups excluding carboxylic acids is 1. The minimum absolute atomic E-state index is 0.0760. The minimum Gasteiger partial charge on any atom is -0.480 e. The Morgan fingerprint density at radius 1 is 0.811 bits per heavy atom. The number of carboxylic acids is 1. The Labute approximate surface area is 225 Å². The summed E-state index contributed by atoms with van der Waals surface area (Å²) in [6.07, 6.45) is 1.74. The Hall–Kier alpha value is -3.39. The molecular weight excluding hydrogens is 533 g/mol. The van der Waals surface area contributed by atoms with Crippen molar-refractivity contribution in [3.8, 4) is 0 Å². The van der Waals surface area contributed by atoms with Gasteiger partial charge >= 0.3 is 5.97 Å². The van der Waals surface area contributed by atoms with Crippen molar-refractivity contribution >= 4 is 61.4 Å². The Morgan fingerprint density at radius 2 is 1.46 bits per heavy atom. The highest BCUT2D eigenvalue weighted by atomic mass is 35.5. The lowest BCUT2D eigenvalue weighted by molar-refractivity contribution is -0.135. The third-order valence-corrected chi connectivity index (χ3v) is 8.06. The van der Waals surface area contributed by atoms with Crippen molar-refractivity contribution in [2.24, 2.45) is 0 Å². The van der Waals surface area contributed by atoms with E-state index in [1.54, 1.807) is 30.3 Å². The van der Waals surface area contributed by atoms with E-state index in [2.05, 4.69) is 0 Å². The quantitative estimate of drug-likeness (QED) is 0.221. The number of carboxylic acid groups (broad SMARTS) is 1. The van der Waals surface area contributed by atoms with Crippen LogP contribution in [0.15, 0.2) is 89.8 Å². The first-order valence-corrected chi connectivity index (χ1v) is 13.7. The summed E-state index contributed by atoms with van der Waals surface area (Å²) in [5, 5.41) is 10.7. The molecule has 0 aromatic heterocycles. The lowest BCUT2D eigenvalue weighted by atomic mass is 9.97. The van der Waals surface area contributed by atoms with Crippen LogP contribution in [0.3, 0.4) is 0 Å². The van der Waals surface area contributed by atoms with E-state index in [9.17, 15) is 23.1 Å². The molecule has 0 spiro atoms. The number of carbonyl (C=O) groups is 2. The molecule has 0 unspecified atom stereocenters. The summed E-state index contributed by atoms with van der Waals surface area (Å²) in [6, 6.07) is 23.6. The highest BCUT2D eigenvalue weighted by molar-refractivity contribution is 7.92. The number of fused-ring (bicyclic) bond motifs is 1. The number of halogens is 2. The van der Waals surface area contributed by atoms with Gasteiger partial charge in [0.15, 0.2) is 5.78 Å². The Morgan fingerprint density at radius 3 is 2.14 bits per heavy atom. The lowest BCUT2D eigenvalue weighted by Gasteiger charge is -2.25. The fraction of sp³-hybridized carbons (Fsp3) is 0.143. The molecule has 0 aliphatic carbocycles. The molecule has 0 radical (unpaired) electrons. The molecule has 0 saturated heterocycles. The monoisotopic (exact) mass is 555 g/mol. The molecule has 1 N–H and O–H groups in total. The number of aryl methyl sites for hydroxylation is 1. The second kappa shape index (κ2) is 11.3. The van der Waals surface area contributed by atoms with Crippen molar-refractivity contribution in [3.63, 3.8) is 0 Å². The molecule has 9 heteroatoms. The smallest absolute Gasteiger partial charge is 0.324 e. The standard InChI is InChI=1S/C28H23Cl2NO5S/c29-20-15-21(30)17-22(16-20)37(35,36)31(18-28(33)34)26-13-6-10-23-24(26)11-5-12-25(23)27(32)14-4-9-19-7-2-1-3-8-19/h1-3,5-8,10-13,15-17H,4,9,14,18H2,(H,33,34). The van der Waals surface area contributed by atoms with E-state index in [1.807, 2.05) is 30.3 Å². The first-order chi connectivity index (χ1) is 17.7. The van der Waals surface area contributed by atoms with Crippen molar-refractivity contribution < 1.29 is 23.1 Å². The van der Waals surface area contributed by atoms with Gasteiger partial charge in [0.25, 0.3) is 10.0 Å². The van der Waals surface area contributed by atoms with Gasteiger partial charge < -0.3 is 5.11 Å². The summed E-state index contributed by atoms with van der Waals surface area (Å²) in [4.78, 5) is 24.6. The van der Waals surface area contributed by atoms with Crippen LogP contribution in [0.25, 0.3) is 10.8 Å². The molecule has 0 saturated carbocycles. The molecule has 6 nitrogen and oxygen atoms in total. The summed E-state index contributed by atoms with van der Waals surface area (Å²) in [5.74, 6) is -1.42. The Bertz CT molecular complexity index is 1550. The van der Waals surface area contributed by atoms with Gasteiger partial charge in [-0.25, -0.2) is 8.42 Å². The lowest BCUT2D eigenvalue weighted by Crippen LogP contribution is -2.36. The van der Waals surface area contributed by atoms with Crippen LogP contribution in [0.1, 0.15) is 28.8 Å². The van der Waals surface area contributed by atoms with E-state index in [-0.39, 0.29) is 26.4 Å². The van der Waals surface area contributed by atoms with Gasteiger partial charge in [-0.2, -0.15) is 0 Å². The van der Waals surface area contributed by atoms with Crippen LogP contribution in [-0.4, -0.2) is 31.8 Å². The van der Waals surface area contributed by atoms with Crippen LogP contribution in [0.4, 0.5) is 5.69 Å². The SMILES string of the molecule is O=C(O)CN(c1cccc2c(C(=O)CCCc3ccccc3)cccc12)S(=O)(=O)c1cc(Cl)cc(Cl)c1. The predicted octanol–water partition coefficient (Wildman–Crippen LogP) is 6.63. The van der Waals surface area contributed by atoms with Gasteiger partial charge in [0.1, 0.15) is 6.54 Å². The number of hydrogen-bond donors (Lipinski definition) is 1. The summed E-state index contributed by atoms with van der Waals surface area (Å²) in [7, 11) is -4.36. The average Bonchev–Trinajstić information content (AvgIpc) is 2.86. The second-order valence-electron chi connectivity index (χ2n) is 8.45. The molecule has 0 heterocycles. The molecule has 37 heavy (non-hydrogen) atoms. The Kier molecular flexibility index (Phi) is 8.17. The van der Waals surface area contributed by atoms with Crippen molar-refractivity contribution in [2.45, 2.75) is 24.2 Å². The van der Waals surface area contributed by atoms with E-state index >= 15 is 0 Å². The number of ketones is 1. The molecule has 0 fully saturated rings. The topological polar surface area (TPSA) is 91.8 Å². The maximum absolute atomic E-state index is 13.6. The maximum Gasteiger partial charge on any atom is 0.324 e. The van der Waals surface area contributed by atoms with Crippen molar-refractivity contribution in [3.05, 3.63) is 106 Å². The van der Waals surface area contributed by atoms with E-state index < -0.39 is 22.5 Å². The third-order valence-electron chi connectivity index (χ3n) is 5.88. The highest BCUT2D eigenvalue weighted by Gasteiger charge is 2.29. The van der Waals surface area contributed by atoms with Gasteiger partial charge in [-0.1, -0.05) is 83.9 Å². The summed E-state index contributed by atoms with van der Waals surface area (Å²) < 4.78 is 28.0. The van der Waals surface area contributed by atoms with Gasteiger partial charge in [-0.15, -0.1) is 0 Å². The van der Waals surface area contributed by atoms with E-state index in [0.29, 0.717) is 29.2 Å². The van der Waals surface area contributed by atoms with Crippen molar-refractivity contribution in [1.29, 1.82) is 0 Å². The molecule has 190 valence electrons. The zero-order valence-corrected chi connectivity index (χ0v) is 21.9. The first kappa shape index (κ1) is 26.7. The first-order valence-electron chi connectivity index (χ1n) is 11.5. The fourth-order valence-corrected chi connectivity index (χ4v) is 6.37. The van der Waals surface area contributed by atoms with Crippen LogP contribution >= 0.6 is 23.2 Å². The van der Waals surface area contributed by atoms with Gasteiger partial charge in [-0.05, 0) is 48.1 Å². The number of anilines is 1. The minimum atomic E-state index is -4.36. The predicted molar refractivity (Wildman–Crippen MR) is 146 cm³/mol. The molecule has 0 amide bonds. The summed E-state index contributed by atoms with van der Waals surface area (Å²) in [5.41, 5.74) is 1.73. The largest absolute Gasteiger partial charge is 0.480 e. The Balaban J connectivity index is 1.72. The summed E-state index contributed by atoms with van der Waals surface area (Å²) >= 11 is 12.0. The zero-order valence-electron chi connectivity index (χ0n) is 19.6. The normalized spacial score (nSPS) is 11.4. The highest BCUT2D eigenvalue weighted by Crippen LogP contribution is 2.34. The van der Waals surface area contributed by atoms with Gasteiger partial charge in [0.2, 0.25) is 0 Å². The van der Waals surface area contributed by atoms with E-state index in [1.165, 1.54) is 24.3 Å². The second-order valence-corrected chi connectivity index (χ2v) is 11.2. The van der Waals surface area contributed by atoms with Crippen LogP contribution < -0.4 is 4.31 Å². The summed E-state index contributed by atoms with van der Waals surface area (Å²) in [6.45, 7) is -0.833. The number of nitrogens with zero attached hydrogens (tertiary/aromatic N) is 1. The molecule has 4 aromatic rings. The van der Waals surface area contributed by atoms with E-state index in [0.717, 1.165) is 16.3 Å². The molecule has 0 aliphatic heterocycles. The molecular formula is C28H23Cl2NO5S. The average molecular weight is 556 g/mol.